The van der Waals surface area contributed by atoms with Crippen molar-refractivity contribution in [1.29, 1.82) is 0 Å². The quantitative estimate of drug-likeness (QED) is 0.554. The zero-order valence-corrected chi connectivity index (χ0v) is 15.4. The molecule has 4 rings (SSSR count). The molecule has 1 amide bonds. The summed E-state index contributed by atoms with van der Waals surface area (Å²) in [4.78, 5) is 28.5. The number of aryl methyl sites for hydroxylation is 2. The highest BCUT2D eigenvalue weighted by molar-refractivity contribution is 6.31. The van der Waals surface area contributed by atoms with Crippen LogP contribution < -0.4 is 11.0 Å². The van der Waals surface area contributed by atoms with Crippen molar-refractivity contribution in [2.45, 2.75) is 0 Å². The van der Waals surface area contributed by atoms with E-state index in [-0.39, 0.29) is 11.6 Å². The Morgan fingerprint density at radius 1 is 1.15 bits per heavy atom. The minimum atomic E-state index is -0.308. The van der Waals surface area contributed by atoms with E-state index in [1.807, 2.05) is 24.4 Å². The van der Waals surface area contributed by atoms with Crippen molar-refractivity contribution in [3.63, 3.8) is 0 Å². The highest BCUT2D eigenvalue weighted by Gasteiger charge is 2.10. The summed E-state index contributed by atoms with van der Waals surface area (Å²) in [5.74, 6) is -0.308. The molecule has 3 aromatic heterocycles. The van der Waals surface area contributed by atoms with Gasteiger partial charge in [-0.25, -0.2) is 9.78 Å². The van der Waals surface area contributed by atoms with E-state index in [9.17, 15) is 9.59 Å². The molecule has 0 unspecified atom stereocenters. The Morgan fingerprint density at radius 2 is 1.93 bits per heavy atom. The molecule has 8 heteroatoms. The minimum absolute atomic E-state index is 0.115. The smallest absolute Gasteiger partial charge is 0.322 e. The molecular formula is C19H16ClN5O2. The summed E-state index contributed by atoms with van der Waals surface area (Å²) >= 11 is 6.16. The van der Waals surface area contributed by atoms with Crippen LogP contribution in [0.25, 0.3) is 22.8 Å². The second-order valence-electron chi connectivity index (χ2n) is 6.14. The summed E-state index contributed by atoms with van der Waals surface area (Å²) in [6.07, 6.45) is 4.85. The summed E-state index contributed by atoms with van der Waals surface area (Å²) < 4.78 is 4.91. The van der Waals surface area contributed by atoms with Crippen LogP contribution in [0.3, 0.4) is 0 Å². The first-order chi connectivity index (χ1) is 13.0. The Balaban J connectivity index is 1.60. The Kier molecular flexibility index (Phi) is 4.08. The van der Waals surface area contributed by atoms with Crippen molar-refractivity contribution in [2.24, 2.45) is 14.1 Å². The minimum Gasteiger partial charge on any atom is -0.322 e. The molecule has 0 aliphatic heterocycles. The normalized spacial score (nSPS) is 11.7. The Hall–Kier alpha value is -3.32. The largest absolute Gasteiger partial charge is 0.328 e. The fraction of sp³-hybridized carbons (Fsp3) is 0.105. The maximum absolute atomic E-state index is 12.3. The van der Waals surface area contributed by atoms with Gasteiger partial charge in [-0.05, 0) is 36.4 Å². The third kappa shape index (κ3) is 2.92. The molecule has 0 saturated carbocycles. The van der Waals surface area contributed by atoms with Crippen LogP contribution in [0.1, 0.15) is 5.69 Å². The first kappa shape index (κ1) is 17.1. The van der Waals surface area contributed by atoms with Gasteiger partial charge in [0.1, 0.15) is 5.65 Å². The van der Waals surface area contributed by atoms with Crippen LogP contribution in [-0.2, 0) is 18.9 Å². The molecule has 7 nitrogen and oxygen atoms in total. The molecule has 0 atom stereocenters. The summed E-state index contributed by atoms with van der Waals surface area (Å²) in [6, 6.07) is 10.9. The van der Waals surface area contributed by atoms with Crippen LogP contribution in [-0.4, -0.2) is 24.4 Å². The lowest BCUT2D eigenvalue weighted by Gasteiger charge is -2.03. The number of fused-ring (bicyclic) bond motifs is 2. The molecule has 1 aromatic carbocycles. The van der Waals surface area contributed by atoms with Gasteiger partial charge >= 0.3 is 5.69 Å². The summed E-state index contributed by atoms with van der Waals surface area (Å²) in [6.45, 7) is 0. The number of hydrogen-bond donors (Lipinski definition) is 1. The van der Waals surface area contributed by atoms with Gasteiger partial charge in [0.15, 0.2) is 5.15 Å². The molecule has 4 aromatic rings. The van der Waals surface area contributed by atoms with E-state index in [1.165, 1.54) is 6.08 Å². The first-order valence-electron chi connectivity index (χ1n) is 8.23. The fourth-order valence-corrected chi connectivity index (χ4v) is 3.30. The number of imidazole rings is 2. The van der Waals surface area contributed by atoms with Crippen molar-refractivity contribution >= 4 is 46.0 Å². The number of rotatable bonds is 3. The van der Waals surface area contributed by atoms with Crippen LogP contribution in [0.15, 0.2) is 53.5 Å². The predicted molar refractivity (Wildman–Crippen MR) is 106 cm³/mol. The molecule has 0 bridgehead atoms. The van der Waals surface area contributed by atoms with E-state index in [1.54, 1.807) is 51.9 Å². The molecule has 0 aliphatic carbocycles. The van der Waals surface area contributed by atoms with E-state index >= 15 is 0 Å². The number of hydrogen-bond acceptors (Lipinski definition) is 3. The van der Waals surface area contributed by atoms with Crippen LogP contribution in [0.5, 0.6) is 0 Å². The monoisotopic (exact) mass is 381 g/mol. The number of carbonyl (C=O) groups excluding carboxylic acids is 1. The van der Waals surface area contributed by atoms with E-state index in [0.717, 1.165) is 11.0 Å². The number of aromatic nitrogens is 4. The van der Waals surface area contributed by atoms with Gasteiger partial charge in [-0.3, -0.25) is 18.3 Å². The zero-order valence-electron chi connectivity index (χ0n) is 14.7. The average Bonchev–Trinajstić information content (AvgIpc) is 3.09. The summed E-state index contributed by atoms with van der Waals surface area (Å²) in [5, 5.41) is 3.12. The maximum Gasteiger partial charge on any atom is 0.328 e. The third-order valence-corrected chi connectivity index (χ3v) is 4.73. The van der Waals surface area contributed by atoms with E-state index < -0.39 is 0 Å². The zero-order chi connectivity index (χ0) is 19.1. The van der Waals surface area contributed by atoms with E-state index in [4.69, 9.17) is 11.6 Å². The molecule has 136 valence electrons. The maximum atomic E-state index is 12.3. The second kappa shape index (κ2) is 6.44. The van der Waals surface area contributed by atoms with Crippen LogP contribution in [0.4, 0.5) is 5.69 Å². The second-order valence-corrected chi connectivity index (χ2v) is 6.50. The molecule has 0 saturated heterocycles. The highest BCUT2D eigenvalue weighted by atomic mass is 35.5. The van der Waals surface area contributed by atoms with Crippen molar-refractivity contribution in [3.05, 3.63) is 70.0 Å². The lowest BCUT2D eigenvalue weighted by molar-refractivity contribution is -0.111. The average molecular weight is 382 g/mol. The van der Waals surface area contributed by atoms with Crippen LogP contribution in [0, 0.1) is 0 Å². The Bertz CT molecular complexity index is 1280. The Labute approximate surface area is 159 Å². The van der Waals surface area contributed by atoms with Gasteiger partial charge < -0.3 is 5.32 Å². The predicted octanol–water partition coefficient (Wildman–Crippen LogP) is 2.83. The van der Waals surface area contributed by atoms with Crippen LogP contribution in [0.2, 0.25) is 5.15 Å². The van der Waals surface area contributed by atoms with Gasteiger partial charge in [-0.1, -0.05) is 17.7 Å². The van der Waals surface area contributed by atoms with E-state index in [2.05, 4.69) is 10.3 Å². The number of amides is 1. The van der Waals surface area contributed by atoms with Crippen LogP contribution >= 0.6 is 11.6 Å². The SMILES string of the molecule is Cn1c(=O)n(C)c2cc(NC(=O)/C=C/c3c(Cl)nc4ccccn34)ccc21. The van der Waals surface area contributed by atoms with Crippen molar-refractivity contribution in [2.75, 3.05) is 5.32 Å². The number of benzene rings is 1. The lowest BCUT2D eigenvalue weighted by Crippen LogP contribution is -2.19. The van der Waals surface area contributed by atoms with Gasteiger partial charge in [-0.2, -0.15) is 0 Å². The first-order valence-corrected chi connectivity index (χ1v) is 8.60. The van der Waals surface area contributed by atoms with Crippen molar-refractivity contribution in [1.82, 2.24) is 18.5 Å². The Morgan fingerprint density at radius 3 is 2.74 bits per heavy atom. The van der Waals surface area contributed by atoms with E-state index in [0.29, 0.717) is 22.2 Å². The van der Waals surface area contributed by atoms with Gasteiger partial charge in [0.2, 0.25) is 5.91 Å². The fourth-order valence-electron chi connectivity index (χ4n) is 3.06. The third-order valence-electron chi connectivity index (χ3n) is 4.45. The molecule has 0 spiro atoms. The molecule has 3 heterocycles. The van der Waals surface area contributed by atoms with Gasteiger partial charge in [0.25, 0.3) is 0 Å². The molecule has 0 fully saturated rings. The van der Waals surface area contributed by atoms with Gasteiger partial charge in [0.05, 0.1) is 16.7 Å². The number of nitrogens with zero attached hydrogens (tertiary/aromatic N) is 4. The number of halogens is 1. The molecule has 27 heavy (non-hydrogen) atoms. The number of carbonyl (C=O) groups is 1. The number of nitrogens with one attached hydrogen (secondary N) is 1. The number of pyridine rings is 1. The highest BCUT2D eigenvalue weighted by Crippen LogP contribution is 2.20. The van der Waals surface area contributed by atoms with Gasteiger partial charge in [-0.15, -0.1) is 0 Å². The molecule has 1 N–H and O–H groups in total. The molecule has 0 aliphatic rings. The molecular weight excluding hydrogens is 366 g/mol. The van der Waals surface area contributed by atoms with Crippen molar-refractivity contribution < 1.29 is 4.79 Å². The topological polar surface area (TPSA) is 73.3 Å². The molecule has 0 radical (unpaired) electrons. The van der Waals surface area contributed by atoms with Gasteiger partial charge in [0, 0.05) is 32.1 Å². The summed E-state index contributed by atoms with van der Waals surface area (Å²) in [5.41, 5.74) is 3.36. The summed E-state index contributed by atoms with van der Waals surface area (Å²) in [7, 11) is 3.41. The van der Waals surface area contributed by atoms with Crippen molar-refractivity contribution in [3.8, 4) is 0 Å². The standard InChI is InChI=1S/C19H16ClN5O2/c1-23-13-7-6-12(11-15(13)24(2)19(23)27)21-17(26)9-8-14-18(20)22-16-5-3-4-10-25(14)16/h3-11H,1-2H3,(H,21,26)/b9-8+. The lowest BCUT2D eigenvalue weighted by atomic mass is 10.2. The number of anilines is 1.